The number of nitrogens with zero attached hydrogens (tertiary/aromatic N) is 5. The van der Waals surface area contributed by atoms with Crippen molar-refractivity contribution in [1.82, 2.24) is 25.2 Å². The first-order valence-corrected chi connectivity index (χ1v) is 6.51. The third-order valence-corrected chi connectivity index (χ3v) is 3.22. The molecule has 1 atom stereocenters. The second-order valence-corrected chi connectivity index (χ2v) is 4.73. The molecule has 1 unspecified atom stereocenters. The predicted octanol–water partition coefficient (Wildman–Crippen LogP) is 1.54. The van der Waals surface area contributed by atoms with Gasteiger partial charge < -0.3 is 5.11 Å². The summed E-state index contributed by atoms with van der Waals surface area (Å²) in [4.78, 5) is 15.1. The molecule has 0 radical (unpaired) electrons. The maximum absolute atomic E-state index is 10.8. The maximum Gasteiger partial charge on any atom is 0.303 e. The van der Waals surface area contributed by atoms with Gasteiger partial charge in [0.2, 0.25) is 5.82 Å². The third-order valence-electron chi connectivity index (χ3n) is 3.22. The molecule has 20 heavy (non-hydrogen) atoms. The van der Waals surface area contributed by atoms with Crippen LogP contribution in [0, 0.1) is 12.8 Å². The Morgan fingerprint density at radius 3 is 2.95 bits per heavy atom. The lowest BCUT2D eigenvalue weighted by Crippen LogP contribution is -2.16. The van der Waals surface area contributed by atoms with E-state index in [9.17, 15) is 4.79 Å². The molecule has 2 aromatic rings. The summed E-state index contributed by atoms with van der Waals surface area (Å²) >= 11 is 0. The molecule has 0 aliphatic carbocycles. The largest absolute Gasteiger partial charge is 0.481 e. The first-order valence-electron chi connectivity index (χ1n) is 6.51. The van der Waals surface area contributed by atoms with Crippen molar-refractivity contribution in [3.8, 4) is 11.5 Å². The van der Waals surface area contributed by atoms with Crippen molar-refractivity contribution >= 4 is 5.97 Å². The van der Waals surface area contributed by atoms with Crippen molar-refractivity contribution in [2.75, 3.05) is 0 Å². The molecule has 0 aliphatic rings. The number of aliphatic carboxylic acids is 1. The first-order chi connectivity index (χ1) is 9.61. The van der Waals surface area contributed by atoms with Crippen LogP contribution in [0.4, 0.5) is 0 Å². The summed E-state index contributed by atoms with van der Waals surface area (Å²) in [5, 5.41) is 20.5. The van der Waals surface area contributed by atoms with Crippen LogP contribution in [-0.4, -0.2) is 36.3 Å². The highest BCUT2D eigenvalue weighted by Gasteiger charge is 2.17. The predicted molar refractivity (Wildman–Crippen MR) is 71.8 cm³/mol. The van der Waals surface area contributed by atoms with Gasteiger partial charge in [0.05, 0.1) is 0 Å². The molecule has 0 saturated carbocycles. The van der Waals surface area contributed by atoms with Gasteiger partial charge in [-0.05, 0) is 34.9 Å². The van der Waals surface area contributed by atoms with E-state index in [4.69, 9.17) is 5.11 Å². The van der Waals surface area contributed by atoms with Crippen LogP contribution in [0.5, 0.6) is 0 Å². The standard InChI is InChI=1S/C13H17N5O2/c1-3-10(7-11(19)20)8-18-13(15-16-17-18)12-9(2)5-4-6-14-12/h4-6,10H,3,7-8H2,1-2H3,(H,19,20). The highest BCUT2D eigenvalue weighted by molar-refractivity contribution is 5.67. The molecule has 7 heteroatoms. The number of hydrogen-bond acceptors (Lipinski definition) is 5. The minimum atomic E-state index is -0.805. The number of hydrogen-bond donors (Lipinski definition) is 1. The van der Waals surface area contributed by atoms with Crippen LogP contribution < -0.4 is 0 Å². The van der Waals surface area contributed by atoms with Crippen LogP contribution in [0.3, 0.4) is 0 Å². The molecule has 0 aliphatic heterocycles. The number of pyridine rings is 1. The summed E-state index contributed by atoms with van der Waals surface area (Å²) in [6, 6.07) is 3.79. The molecular formula is C13H17N5O2. The van der Waals surface area contributed by atoms with Crippen LogP contribution in [0.2, 0.25) is 0 Å². The van der Waals surface area contributed by atoms with E-state index >= 15 is 0 Å². The number of aryl methyl sites for hydroxylation is 1. The van der Waals surface area contributed by atoms with E-state index in [1.54, 1.807) is 10.9 Å². The maximum atomic E-state index is 10.8. The monoisotopic (exact) mass is 275 g/mol. The zero-order valence-corrected chi connectivity index (χ0v) is 11.5. The molecule has 2 aromatic heterocycles. The minimum absolute atomic E-state index is 0.00114. The van der Waals surface area contributed by atoms with E-state index in [0.717, 1.165) is 17.7 Å². The van der Waals surface area contributed by atoms with E-state index in [1.165, 1.54) is 0 Å². The van der Waals surface area contributed by atoms with Crippen molar-refractivity contribution in [2.45, 2.75) is 33.2 Å². The normalized spacial score (nSPS) is 12.3. The minimum Gasteiger partial charge on any atom is -0.481 e. The Hall–Kier alpha value is -2.31. The van der Waals surface area contributed by atoms with Gasteiger partial charge >= 0.3 is 5.97 Å². The zero-order valence-electron chi connectivity index (χ0n) is 11.5. The van der Waals surface area contributed by atoms with E-state index in [1.807, 2.05) is 26.0 Å². The number of carboxylic acid groups (broad SMARTS) is 1. The summed E-state index contributed by atoms with van der Waals surface area (Å²) in [7, 11) is 0. The third kappa shape index (κ3) is 3.17. The molecule has 0 saturated heterocycles. The lowest BCUT2D eigenvalue weighted by molar-refractivity contribution is -0.138. The molecule has 0 fully saturated rings. The average molecular weight is 275 g/mol. The molecule has 106 valence electrons. The second kappa shape index (κ2) is 6.23. The smallest absolute Gasteiger partial charge is 0.303 e. The van der Waals surface area contributed by atoms with E-state index < -0.39 is 5.97 Å². The van der Waals surface area contributed by atoms with Gasteiger partial charge in [-0.15, -0.1) is 5.10 Å². The van der Waals surface area contributed by atoms with Gasteiger partial charge in [-0.3, -0.25) is 9.78 Å². The highest BCUT2D eigenvalue weighted by Crippen LogP contribution is 2.19. The van der Waals surface area contributed by atoms with Crippen LogP contribution in [0.1, 0.15) is 25.3 Å². The summed E-state index contributed by atoms with van der Waals surface area (Å²) in [6.45, 7) is 4.38. The van der Waals surface area contributed by atoms with Crippen LogP contribution in [0.25, 0.3) is 11.5 Å². The lowest BCUT2D eigenvalue weighted by Gasteiger charge is -2.13. The van der Waals surface area contributed by atoms with Gasteiger partial charge in [-0.2, -0.15) is 0 Å². The molecule has 1 N–H and O–H groups in total. The molecule has 7 nitrogen and oxygen atoms in total. The number of rotatable bonds is 6. The highest BCUT2D eigenvalue weighted by atomic mass is 16.4. The fraction of sp³-hybridized carbons (Fsp3) is 0.462. The van der Waals surface area contributed by atoms with Crippen molar-refractivity contribution in [3.05, 3.63) is 23.9 Å². The number of carbonyl (C=O) groups is 1. The first kappa shape index (κ1) is 14.1. The van der Waals surface area contributed by atoms with Gasteiger partial charge in [0.15, 0.2) is 0 Å². The Labute approximate surface area is 116 Å². The van der Waals surface area contributed by atoms with E-state index in [0.29, 0.717) is 12.4 Å². The molecule has 2 rings (SSSR count). The molecular weight excluding hydrogens is 258 g/mol. The fourth-order valence-electron chi connectivity index (χ4n) is 2.05. The van der Waals surface area contributed by atoms with Crippen LogP contribution >= 0.6 is 0 Å². The van der Waals surface area contributed by atoms with Crippen molar-refractivity contribution in [3.63, 3.8) is 0 Å². The fourth-order valence-corrected chi connectivity index (χ4v) is 2.05. The lowest BCUT2D eigenvalue weighted by atomic mass is 10.0. The van der Waals surface area contributed by atoms with Gasteiger partial charge in [-0.1, -0.05) is 19.4 Å². The van der Waals surface area contributed by atoms with Gasteiger partial charge in [-0.25, -0.2) is 4.68 Å². The number of carboxylic acids is 1. The summed E-state index contributed by atoms with van der Waals surface area (Å²) < 4.78 is 1.63. The quantitative estimate of drug-likeness (QED) is 0.859. The zero-order chi connectivity index (χ0) is 14.5. The van der Waals surface area contributed by atoms with Gasteiger partial charge in [0.1, 0.15) is 5.69 Å². The van der Waals surface area contributed by atoms with E-state index in [2.05, 4.69) is 20.5 Å². The van der Waals surface area contributed by atoms with Crippen molar-refractivity contribution in [1.29, 1.82) is 0 Å². The number of tetrazole rings is 1. The molecule has 0 bridgehead atoms. The molecule has 0 aromatic carbocycles. The van der Waals surface area contributed by atoms with E-state index in [-0.39, 0.29) is 12.3 Å². The van der Waals surface area contributed by atoms with Crippen LogP contribution in [-0.2, 0) is 11.3 Å². The Kier molecular flexibility index (Phi) is 4.39. The topological polar surface area (TPSA) is 93.8 Å². The SMILES string of the molecule is CCC(CC(=O)O)Cn1nnnc1-c1ncccc1C. The Morgan fingerprint density at radius 2 is 2.30 bits per heavy atom. The average Bonchev–Trinajstić information content (AvgIpc) is 2.86. The van der Waals surface area contributed by atoms with Gasteiger partial charge in [0.25, 0.3) is 0 Å². The summed E-state index contributed by atoms with van der Waals surface area (Å²) in [6.07, 6.45) is 2.56. The van der Waals surface area contributed by atoms with Crippen molar-refractivity contribution < 1.29 is 9.90 Å². The summed E-state index contributed by atoms with van der Waals surface area (Å²) in [5.74, 6) is -0.230. The Bertz CT molecular complexity index is 596. The second-order valence-electron chi connectivity index (χ2n) is 4.73. The molecule has 0 spiro atoms. The molecule has 2 heterocycles. The Morgan fingerprint density at radius 1 is 1.50 bits per heavy atom. The summed E-state index contributed by atoms with van der Waals surface area (Å²) in [5.41, 5.74) is 1.71. The number of aromatic nitrogens is 5. The van der Waals surface area contributed by atoms with Gasteiger partial charge in [0, 0.05) is 19.2 Å². The Balaban J connectivity index is 2.25. The van der Waals surface area contributed by atoms with Crippen molar-refractivity contribution in [2.24, 2.45) is 5.92 Å². The van der Waals surface area contributed by atoms with Crippen LogP contribution in [0.15, 0.2) is 18.3 Å². The molecule has 0 amide bonds.